The maximum Gasteiger partial charge on any atom is 0.168 e. The molecular formula is C8H7F2N3O. The highest BCUT2D eigenvalue weighted by Crippen LogP contribution is 2.24. The number of methoxy groups -OCH3 is 1. The van der Waals surface area contributed by atoms with Crippen molar-refractivity contribution >= 4 is 0 Å². The second-order valence-electron chi connectivity index (χ2n) is 2.47. The number of ether oxygens (including phenoxy) is 1. The molecule has 0 saturated heterocycles. The molecule has 0 aliphatic carbocycles. The fraction of sp³-hybridized carbons (Fsp3) is 0.250. The van der Waals surface area contributed by atoms with Crippen LogP contribution >= 0.6 is 0 Å². The average molecular weight is 199 g/mol. The first-order valence-electron chi connectivity index (χ1n) is 3.71. The summed E-state index contributed by atoms with van der Waals surface area (Å²) in [5.74, 6) is -1.64. The van der Waals surface area contributed by atoms with Gasteiger partial charge in [-0.15, -0.1) is 0 Å². The van der Waals surface area contributed by atoms with E-state index >= 15 is 0 Å². The Morgan fingerprint density at radius 3 is 2.79 bits per heavy atom. The molecule has 6 heteroatoms. The normalized spacial score (nSPS) is 9.36. The van der Waals surface area contributed by atoms with Gasteiger partial charge in [-0.25, -0.2) is 8.78 Å². The van der Waals surface area contributed by atoms with Crippen LogP contribution in [0.1, 0.15) is 5.56 Å². The lowest BCUT2D eigenvalue weighted by atomic mass is 10.2. The Labute approximate surface area is 78.7 Å². The van der Waals surface area contributed by atoms with Crippen molar-refractivity contribution in [2.45, 2.75) is 6.54 Å². The van der Waals surface area contributed by atoms with Crippen LogP contribution in [0.2, 0.25) is 0 Å². The molecule has 0 aliphatic rings. The van der Waals surface area contributed by atoms with E-state index in [0.717, 1.165) is 6.07 Å². The van der Waals surface area contributed by atoms with E-state index in [1.54, 1.807) is 0 Å². The Morgan fingerprint density at radius 2 is 2.21 bits per heavy atom. The lowest BCUT2D eigenvalue weighted by Crippen LogP contribution is -1.96. The molecule has 0 aromatic heterocycles. The number of halogens is 2. The number of nitrogens with zero attached hydrogens (tertiary/aromatic N) is 3. The lowest BCUT2D eigenvalue weighted by Gasteiger charge is -2.06. The highest BCUT2D eigenvalue weighted by molar-refractivity contribution is 5.35. The van der Waals surface area contributed by atoms with Crippen LogP contribution in [-0.2, 0) is 6.54 Å². The van der Waals surface area contributed by atoms with Gasteiger partial charge in [-0.1, -0.05) is 5.11 Å². The molecule has 0 radical (unpaired) electrons. The molecule has 0 unspecified atom stereocenters. The summed E-state index contributed by atoms with van der Waals surface area (Å²) in [5, 5.41) is 3.20. The Kier molecular flexibility index (Phi) is 3.25. The predicted molar refractivity (Wildman–Crippen MR) is 45.8 cm³/mol. The van der Waals surface area contributed by atoms with Gasteiger partial charge in [0.2, 0.25) is 0 Å². The highest BCUT2D eigenvalue weighted by atomic mass is 19.1. The maximum absolute atomic E-state index is 13.0. The van der Waals surface area contributed by atoms with Gasteiger partial charge in [0, 0.05) is 16.5 Å². The summed E-state index contributed by atoms with van der Waals surface area (Å²) >= 11 is 0. The van der Waals surface area contributed by atoms with Gasteiger partial charge in [0.1, 0.15) is 5.82 Å². The Morgan fingerprint density at radius 1 is 1.50 bits per heavy atom. The third kappa shape index (κ3) is 2.11. The second-order valence-corrected chi connectivity index (χ2v) is 2.47. The lowest BCUT2D eigenvalue weighted by molar-refractivity contribution is 0.379. The minimum Gasteiger partial charge on any atom is -0.493 e. The molecular weight excluding hydrogens is 192 g/mol. The Balaban J connectivity index is 3.17. The molecule has 14 heavy (non-hydrogen) atoms. The number of hydrogen-bond donors (Lipinski definition) is 0. The topological polar surface area (TPSA) is 58.0 Å². The largest absolute Gasteiger partial charge is 0.493 e. The van der Waals surface area contributed by atoms with Crippen molar-refractivity contribution in [3.05, 3.63) is 39.8 Å². The van der Waals surface area contributed by atoms with Crippen molar-refractivity contribution in [3.8, 4) is 5.75 Å². The summed E-state index contributed by atoms with van der Waals surface area (Å²) in [6, 6.07) is 1.77. The SMILES string of the molecule is COc1c(F)cc(F)cc1CN=[N+]=[N-]. The van der Waals surface area contributed by atoms with Gasteiger partial charge in [0.25, 0.3) is 0 Å². The van der Waals surface area contributed by atoms with Gasteiger partial charge in [-0.2, -0.15) is 0 Å². The smallest absolute Gasteiger partial charge is 0.168 e. The standard InChI is InChI=1S/C8H7F2N3O/c1-14-8-5(4-12-13-11)2-6(9)3-7(8)10/h2-3H,4H2,1H3. The van der Waals surface area contributed by atoms with E-state index in [0.29, 0.717) is 6.07 Å². The van der Waals surface area contributed by atoms with E-state index in [1.807, 2.05) is 0 Å². The van der Waals surface area contributed by atoms with Crippen molar-refractivity contribution in [2.75, 3.05) is 7.11 Å². The van der Waals surface area contributed by atoms with Crippen molar-refractivity contribution in [2.24, 2.45) is 5.11 Å². The van der Waals surface area contributed by atoms with Crippen LogP contribution in [0.15, 0.2) is 17.2 Å². The minimum atomic E-state index is -0.810. The van der Waals surface area contributed by atoms with Crippen LogP contribution < -0.4 is 4.74 Å². The molecule has 0 aliphatic heterocycles. The highest BCUT2D eigenvalue weighted by Gasteiger charge is 2.10. The summed E-state index contributed by atoms with van der Waals surface area (Å²) in [4.78, 5) is 2.49. The van der Waals surface area contributed by atoms with E-state index in [4.69, 9.17) is 10.3 Å². The summed E-state index contributed by atoms with van der Waals surface area (Å²) in [7, 11) is 1.26. The molecule has 0 fully saturated rings. The van der Waals surface area contributed by atoms with Gasteiger partial charge in [-0.3, -0.25) is 0 Å². The summed E-state index contributed by atoms with van der Waals surface area (Å²) in [6.45, 7) is -0.144. The molecule has 1 aromatic carbocycles. The Bertz CT molecular complexity index is 388. The van der Waals surface area contributed by atoms with Crippen LogP contribution in [0.3, 0.4) is 0 Å². The fourth-order valence-electron chi connectivity index (χ4n) is 1.07. The second kappa shape index (κ2) is 4.43. The van der Waals surface area contributed by atoms with Crippen molar-refractivity contribution in [1.82, 2.24) is 0 Å². The monoisotopic (exact) mass is 199 g/mol. The van der Waals surface area contributed by atoms with Gasteiger partial charge >= 0.3 is 0 Å². The van der Waals surface area contributed by atoms with Gasteiger partial charge in [0.15, 0.2) is 11.6 Å². The maximum atomic E-state index is 13.0. The van der Waals surface area contributed by atoms with E-state index in [9.17, 15) is 8.78 Å². The van der Waals surface area contributed by atoms with Gasteiger partial charge in [0.05, 0.1) is 13.7 Å². The van der Waals surface area contributed by atoms with E-state index in [-0.39, 0.29) is 17.9 Å². The Hall–Kier alpha value is -1.81. The summed E-state index contributed by atoms with van der Waals surface area (Å²) in [6.07, 6.45) is 0. The minimum absolute atomic E-state index is 0.0983. The average Bonchev–Trinajstić information content (AvgIpc) is 2.14. The van der Waals surface area contributed by atoms with Crippen LogP contribution in [0, 0.1) is 11.6 Å². The first-order chi connectivity index (χ1) is 6.69. The van der Waals surface area contributed by atoms with Crippen molar-refractivity contribution in [3.63, 3.8) is 0 Å². The zero-order chi connectivity index (χ0) is 10.6. The first kappa shape index (κ1) is 10.3. The zero-order valence-electron chi connectivity index (χ0n) is 7.37. The van der Waals surface area contributed by atoms with E-state index < -0.39 is 11.6 Å². The van der Waals surface area contributed by atoms with E-state index in [2.05, 4.69) is 10.0 Å². The fourth-order valence-corrected chi connectivity index (χ4v) is 1.07. The number of hydrogen-bond acceptors (Lipinski definition) is 2. The van der Waals surface area contributed by atoms with Crippen molar-refractivity contribution in [1.29, 1.82) is 0 Å². The molecule has 0 spiro atoms. The van der Waals surface area contributed by atoms with Gasteiger partial charge < -0.3 is 4.74 Å². The van der Waals surface area contributed by atoms with Gasteiger partial charge in [-0.05, 0) is 11.6 Å². The summed E-state index contributed by atoms with van der Waals surface area (Å²) in [5.41, 5.74) is 8.24. The predicted octanol–water partition coefficient (Wildman–Crippen LogP) is 2.78. The van der Waals surface area contributed by atoms with Crippen LogP contribution in [-0.4, -0.2) is 7.11 Å². The van der Waals surface area contributed by atoms with Crippen LogP contribution in [0.25, 0.3) is 10.4 Å². The van der Waals surface area contributed by atoms with E-state index in [1.165, 1.54) is 7.11 Å². The molecule has 0 N–H and O–H groups in total. The quantitative estimate of drug-likeness (QED) is 0.419. The zero-order valence-corrected chi connectivity index (χ0v) is 7.37. The van der Waals surface area contributed by atoms with Crippen LogP contribution in [0.5, 0.6) is 5.75 Å². The molecule has 4 nitrogen and oxygen atoms in total. The number of azide groups is 1. The molecule has 1 rings (SSSR count). The molecule has 74 valence electrons. The third-order valence-electron chi connectivity index (χ3n) is 1.59. The molecule has 0 atom stereocenters. The molecule has 0 saturated carbocycles. The number of benzene rings is 1. The molecule has 1 aromatic rings. The van der Waals surface area contributed by atoms with Crippen LogP contribution in [0.4, 0.5) is 8.78 Å². The molecule has 0 amide bonds. The summed E-state index contributed by atoms with van der Waals surface area (Å²) < 4.78 is 30.5. The first-order valence-corrected chi connectivity index (χ1v) is 3.71. The third-order valence-corrected chi connectivity index (χ3v) is 1.59. The number of rotatable bonds is 3. The molecule has 0 bridgehead atoms. The molecule has 0 heterocycles. The van der Waals surface area contributed by atoms with Crippen molar-refractivity contribution < 1.29 is 13.5 Å².